The number of rotatable bonds is 9. The van der Waals surface area contributed by atoms with Crippen LogP contribution in [0.25, 0.3) is 10.9 Å². The summed E-state index contributed by atoms with van der Waals surface area (Å²) < 4.78 is 23.8. The molecule has 2 atom stereocenters. The van der Waals surface area contributed by atoms with Crippen LogP contribution in [0.4, 0.5) is 10.1 Å². The minimum absolute atomic E-state index is 0.243. The number of aryl methyl sites for hydroxylation is 2. The summed E-state index contributed by atoms with van der Waals surface area (Å²) in [5, 5.41) is 18.8. The van der Waals surface area contributed by atoms with Gasteiger partial charge in [0, 0.05) is 62.3 Å². The summed E-state index contributed by atoms with van der Waals surface area (Å²) in [6.07, 6.45) is 4.34. The number of halogens is 1. The molecule has 1 saturated heterocycles. The Labute approximate surface area is 227 Å². The molecular formula is C29H37FN4O3S. The predicted octanol–water partition coefficient (Wildman–Crippen LogP) is 3.91. The molecule has 2 aliphatic heterocycles. The molecule has 9 heteroatoms. The van der Waals surface area contributed by atoms with Crippen molar-refractivity contribution in [3.05, 3.63) is 65.1 Å². The van der Waals surface area contributed by atoms with E-state index >= 15 is 0 Å². The lowest BCUT2D eigenvalue weighted by Gasteiger charge is -2.28. The fourth-order valence-corrected chi connectivity index (χ4v) is 6.28. The predicted molar refractivity (Wildman–Crippen MR) is 151 cm³/mol. The van der Waals surface area contributed by atoms with Crippen molar-refractivity contribution in [1.29, 1.82) is 0 Å². The summed E-state index contributed by atoms with van der Waals surface area (Å²) in [5.41, 5.74) is 4.67. The number of nitrogens with one attached hydrogen (secondary N) is 2. The highest BCUT2D eigenvalue weighted by Crippen LogP contribution is 2.37. The second-order valence-electron chi connectivity index (χ2n) is 10.2. The zero-order chi connectivity index (χ0) is 26.6. The maximum Gasteiger partial charge on any atom is 0.251 e. The molecule has 2 aromatic carbocycles. The Kier molecular flexibility index (Phi) is 8.57. The highest BCUT2D eigenvalue weighted by molar-refractivity contribution is 8.00. The first-order chi connectivity index (χ1) is 18.4. The van der Waals surface area contributed by atoms with Gasteiger partial charge in [0.1, 0.15) is 5.82 Å². The zero-order valence-electron chi connectivity index (χ0n) is 22.1. The lowest BCUT2D eigenvalue weighted by molar-refractivity contribution is 0.0657. The summed E-state index contributed by atoms with van der Waals surface area (Å²) >= 11 is 1.74. The van der Waals surface area contributed by atoms with E-state index in [1.165, 1.54) is 17.7 Å². The molecule has 0 radical (unpaired) electrons. The van der Waals surface area contributed by atoms with Gasteiger partial charge in [0.05, 0.1) is 23.3 Å². The number of aromatic nitrogens is 1. The lowest BCUT2D eigenvalue weighted by Crippen LogP contribution is -2.50. The van der Waals surface area contributed by atoms with E-state index in [1.807, 2.05) is 25.2 Å². The number of amides is 1. The summed E-state index contributed by atoms with van der Waals surface area (Å²) in [7, 11) is 2.04. The Morgan fingerprint density at radius 3 is 2.84 bits per heavy atom. The first-order valence-electron chi connectivity index (χ1n) is 13.5. The van der Waals surface area contributed by atoms with Crippen LogP contribution in [0.5, 0.6) is 0 Å². The monoisotopic (exact) mass is 540 g/mol. The van der Waals surface area contributed by atoms with Gasteiger partial charge in [0.25, 0.3) is 5.91 Å². The van der Waals surface area contributed by atoms with E-state index in [1.54, 1.807) is 18.0 Å². The number of nitrogens with zero attached hydrogens (tertiary/aromatic N) is 2. The molecule has 3 N–H and O–H groups in total. The summed E-state index contributed by atoms with van der Waals surface area (Å²) in [6, 6.07) is 9.93. The average molecular weight is 541 g/mol. The smallest absolute Gasteiger partial charge is 0.251 e. The fourth-order valence-electron chi connectivity index (χ4n) is 5.45. The Balaban J connectivity index is 1.40. The number of anilines is 1. The van der Waals surface area contributed by atoms with E-state index in [4.69, 9.17) is 4.74 Å². The molecule has 1 amide bonds. The molecule has 3 heterocycles. The number of hydrogen-bond acceptors (Lipinski definition) is 6. The molecule has 0 saturated carbocycles. The molecule has 1 aromatic heterocycles. The number of hydrogen-bond donors (Lipinski definition) is 3. The van der Waals surface area contributed by atoms with Gasteiger partial charge in [0.2, 0.25) is 0 Å². The van der Waals surface area contributed by atoms with Crippen LogP contribution < -0.4 is 14.9 Å². The van der Waals surface area contributed by atoms with Crippen molar-refractivity contribution in [3.63, 3.8) is 0 Å². The van der Waals surface area contributed by atoms with Crippen molar-refractivity contribution in [1.82, 2.24) is 15.2 Å². The largest absolute Gasteiger partial charge is 0.390 e. The highest BCUT2D eigenvalue weighted by atomic mass is 32.2. The molecule has 0 spiro atoms. The maximum atomic E-state index is 13.9. The van der Waals surface area contributed by atoms with Crippen LogP contribution in [-0.2, 0) is 24.1 Å². The molecule has 0 aliphatic carbocycles. The van der Waals surface area contributed by atoms with Crippen LogP contribution in [0.1, 0.15) is 41.3 Å². The summed E-state index contributed by atoms with van der Waals surface area (Å²) in [4.78, 5) is 13.7. The minimum atomic E-state index is -0.846. The molecule has 2 aliphatic rings. The van der Waals surface area contributed by atoms with E-state index in [-0.39, 0.29) is 17.8 Å². The minimum Gasteiger partial charge on any atom is -0.390 e. The summed E-state index contributed by atoms with van der Waals surface area (Å²) in [5.74, 6) is 0.383. The number of carbonyl (C=O) groups is 1. The first kappa shape index (κ1) is 27.0. The Morgan fingerprint density at radius 1 is 1.26 bits per heavy atom. The van der Waals surface area contributed by atoms with Gasteiger partial charge in [-0.3, -0.25) is 4.79 Å². The highest BCUT2D eigenvalue weighted by Gasteiger charge is 2.26. The van der Waals surface area contributed by atoms with Gasteiger partial charge in [-0.25, -0.2) is 4.39 Å². The molecule has 0 bridgehead atoms. The second-order valence-corrected chi connectivity index (χ2v) is 11.4. The standard InChI is InChI=1S/C29H37FN4O3S/c1-3-20-18-34-9-12-38-33(2)26-16-21(15-24(20)28(26)34)29(36)32-25(14-19-5-4-6-22(30)13-19)27(35)17-31-23-7-10-37-11-8-23/h4-6,13,15-16,18,23,25,27,31,35H,3,7-12,14,17H2,1-2H3,(H,32,36)/t25-,27+/m0/s1. The van der Waals surface area contributed by atoms with Gasteiger partial charge in [-0.2, -0.15) is 0 Å². The fraction of sp³-hybridized carbons (Fsp3) is 0.483. The van der Waals surface area contributed by atoms with E-state index in [2.05, 4.69) is 32.6 Å². The van der Waals surface area contributed by atoms with Crippen molar-refractivity contribution in [2.24, 2.45) is 0 Å². The van der Waals surface area contributed by atoms with Gasteiger partial charge in [0.15, 0.2) is 0 Å². The third kappa shape index (κ3) is 6.01. The topological polar surface area (TPSA) is 78.8 Å². The van der Waals surface area contributed by atoms with E-state index in [0.717, 1.165) is 53.7 Å². The number of ether oxygens (including phenoxy) is 1. The van der Waals surface area contributed by atoms with Crippen molar-refractivity contribution in [3.8, 4) is 0 Å². The first-order valence-corrected chi connectivity index (χ1v) is 14.4. The molecule has 5 rings (SSSR count). The van der Waals surface area contributed by atoms with Crippen LogP contribution in [0.3, 0.4) is 0 Å². The molecule has 7 nitrogen and oxygen atoms in total. The normalized spacial score (nSPS) is 17.8. The van der Waals surface area contributed by atoms with Crippen molar-refractivity contribution in [2.45, 2.75) is 57.3 Å². The van der Waals surface area contributed by atoms with Crippen molar-refractivity contribution in [2.75, 3.05) is 36.9 Å². The van der Waals surface area contributed by atoms with E-state index < -0.39 is 12.1 Å². The number of carbonyl (C=O) groups excluding carboxylic acids is 1. The Morgan fingerprint density at radius 2 is 2.08 bits per heavy atom. The average Bonchev–Trinajstić information content (AvgIpc) is 3.20. The van der Waals surface area contributed by atoms with Gasteiger partial charge >= 0.3 is 0 Å². The second kappa shape index (κ2) is 12.1. The molecule has 1 fully saturated rings. The molecule has 38 heavy (non-hydrogen) atoms. The number of benzene rings is 2. The molecule has 204 valence electrons. The zero-order valence-corrected chi connectivity index (χ0v) is 22.9. The van der Waals surface area contributed by atoms with E-state index in [9.17, 15) is 14.3 Å². The molecule has 0 unspecified atom stereocenters. The molecular weight excluding hydrogens is 503 g/mol. The van der Waals surface area contributed by atoms with Gasteiger partial charge < -0.3 is 29.3 Å². The van der Waals surface area contributed by atoms with Crippen molar-refractivity contribution >= 4 is 34.4 Å². The quantitative estimate of drug-likeness (QED) is 0.357. The Bertz CT molecular complexity index is 1280. The summed E-state index contributed by atoms with van der Waals surface area (Å²) in [6.45, 7) is 4.79. The van der Waals surface area contributed by atoms with Gasteiger partial charge in [-0.1, -0.05) is 19.1 Å². The van der Waals surface area contributed by atoms with Gasteiger partial charge in [-0.05, 0) is 73.0 Å². The lowest BCUT2D eigenvalue weighted by atomic mass is 9.99. The van der Waals surface area contributed by atoms with Crippen LogP contribution in [0.2, 0.25) is 0 Å². The van der Waals surface area contributed by atoms with Crippen LogP contribution in [0, 0.1) is 5.82 Å². The van der Waals surface area contributed by atoms with Crippen LogP contribution in [0.15, 0.2) is 42.6 Å². The van der Waals surface area contributed by atoms with Crippen molar-refractivity contribution < 1.29 is 19.0 Å². The number of aliphatic hydroxyl groups excluding tert-OH is 1. The van der Waals surface area contributed by atoms with E-state index in [0.29, 0.717) is 31.7 Å². The third-order valence-corrected chi connectivity index (χ3v) is 8.55. The van der Waals surface area contributed by atoms with Crippen LogP contribution in [-0.4, -0.2) is 66.3 Å². The number of aliphatic hydroxyl groups is 1. The Hall–Kier alpha value is -2.59. The van der Waals surface area contributed by atoms with Crippen LogP contribution >= 0.6 is 11.9 Å². The SMILES string of the molecule is CCc1cn2c3c(cc(C(=O)N[C@@H](Cc4cccc(F)c4)[C@H](O)CNC4CCOCC4)cc13)N(C)SCC2. The maximum absolute atomic E-state index is 13.9. The third-order valence-electron chi connectivity index (χ3n) is 7.60. The molecule has 3 aromatic rings. The van der Waals surface area contributed by atoms with Gasteiger partial charge in [-0.15, -0.1) is 0 Å².